The minimum Gasteiger partial charge on any atom is -0.483 e. The van der Waals surface area contributed by atoms with Crippen molar-refractivity contribution in [3.8, 4) is 22.2 Å². The number of halogens is 2. The number of hydrogen-bond donors (Lipinski definition) is 0. The summed E-state index contributed by atoms with van der Waals surface area (Å²) < 4.78 is 31.8. The highest BCUT2D eigenvalue weighted by Gasteiger charge is 2.33. The molecule has 1 saturated carbocycles. The Kier molecular flexibility index (Phi) is 5.76. The Labute approximate surface area is 197 Å². The molecule has 2 heterocycles. The third-order valence-corrected chi connectivity index (χ3v) is 6.71. The second kappa shape index (κ2) is 8.72. The predicted molar refractivity (Wildman–Crippen MR) is 124 cm³/mol. The monoisotopic (exact) mass is 487 g/mol. The second-order valence-electron chi connectivity index (χ2n) is 7.84. The van der Waals surface area contributed by atoms with Crippen LogP contribution in [-0.2, 0) is 4.74 Å². The summed E-state index contributed by atoms with van der Waals surface area (Å²) >= 11 is 6.76. The molecule has 0 saturated heterocycles. The standard InChI is InChI=1S/C23H19ClFN3O4S/c1-11-6-12(21-15(7-11)27-20(30-2)10-26-21)22-28-14-8-13(25)18(9-19(14)33-22)31-16-4-3-5-17(16)32-23(24)29/h6-10,16-17H,3-5H2,1-2H3. The lowest BCUT2D eigenvalue weighted by Gasteiger charge is -2.20. The number of rotatable bonds is 5. The van der Waals surface area contributed by atoms with Gasteiger partial charge in [0.05, 0.1) is 34.6 Å². The maximum absolute atomic E-state index is 14.8. The molecule has 10 heteroatoms. The van der Waals surface area contributed by atoms with Crippen molar-refractivity contribution in [3.63, 3.8) is 0 Å². The van der Waals surface area contributed by atoms with Gasteiger partial charge in [0.1, 0.15) is 17.2 Å². The van der Waals surface area contributed by atoms with Crippen molar-refractivity contribution in [3.05, 3.63) is 41.8 Å². The van der Waals surface area contributed by atoms with E-state index in [9.17, 15) is 9.18 Å². The summed E-state index contributed by atoms with van der Waals surface area (Å²) in [5.74, 6) is -0.00282. The zero-order valence-corrected chi connectivity index (χ0v) is 19.4. The molecular weight excluding hydrogens is 469 g/mol. The molecule has 2 aromatic heterocycles. The van der Waals surface area contributed by atoms with E-state index in [-0.39, 0.29) is 5.75 Å². The largest absolute Gasteiger partial charge is 0.483 e. The summed E-state index contributed by atoms with van der Waals surface area (Å²) in [7, 11) is 1.54. The Balaban J connectivity index is 1.52. The number of methoxy groups -OCH3 is 1. The first-order chi connectivity index (χ1) is 15.9. The minimum absolute atomic E-state index is 0.0962. The molecule has 7 nitrogen and oxygen atoms in total. The predicted octanol–water partition coefficient (Wildman–Crippen LogP) is 6.04. The molecule has 5 rings (SSSR count). The summed E-state index contributed by atoms with van der Waals surface area (Å²) in [5, 5.41) is 0.699. The summed E-state index contributed by atoms with van der Waals surface area (Å²) in [6.45, 7) is 1.97. The summed E-state index contributed by atoms with van der Waals surface area (Å²) in [5.41, 5.74) is 2.83. The SMILES string of the molecule is COc1cnc2c(-c3nc4cc(F)c(OC5CCCC5OC(=O)Cl)cc4s3)cc(C)cc2n1. The number of ether oxygens (including phenoxy) is 3. The average Bonchev–Trinajstić information content (AvgIpc) is 3.38. The Morgan fingerprint density at radius 3 is 2.76 bits per heavy atom. The number of aryl methyl sites for hydroxylation is 1. The van der Waals surface area contributed by atoms with Crippen molar-refractivity contribution in [2.24, 2.45) is 0 Å². The molecule has 0 aliphatic heterocycles. The zero-order chi connectivity index (χ0) is 23.1. The van der Waals surface area contributed by atoms with Crippen LogP contribution in [0.5, 0.6) is 11.6 Å². The van der Waals surface area contributed by atoms with E-state index in [0.717, 1.165) is 22.2 Å². The Morgan fingerprint density at radius 1 is 1.15 bits per heavy atom. The molecule has 1 fully saturated rings. The molecule has 170 valence electrons. The van der Waals surface area contributed by atoms with Crippen LogP contribution < -0.4 is 9.47 Å². The van der Waals surface area contributed by atoms with E-state index in [4.69, 9.17) is 25.8 Å². The zero-order valence-electron chi connectivity index (χ0n) is 17.8. The molecule has 0 radical (unpaired) electrons. The van der Waals surface area contributed by atoms with E-state index in [2.05, 4.69) is 15.0 Å². The first-order valence-corrected chi connectivity index (χ1v) is 11.6. The molecule has 0 bridgehead atoms. The number of aromatic nitrogens is 3. The van der Waals surface area contributed by atoms with E-state index >= 15 is 0 Å². The van der Waals surface area contributed by atoms with Crippen molar-refractivity contribution >= 4 is 49.6 Å². The van der Waals surface area contributed by atoms with Crippen LogP contribution in [0.2, 0.25) is 0 Å². The Morgan fingerprint density at radius 2 is 1.97 bits per heavy atom. The molecule has 2 unspecified atom stereocenters. The van der Waals surface area contributed by atoms with Crippen LogP contribution in [0, 0.1) is 12.7 Å². The van der Waals surface area contributed by atoms with Gasteiger partial charge in [-0.1, -0.05) is 0 Å². The lowest BCUT2D eigenvalue weighted by atomic mass is 10.1. The maximum Gasteiger partial charge on any atom is 0.404 e. The van der Waals surface area contributed by atoms with Gasteiger partial charge < -0.3 is 14.2 Å². The fourth-order valence-corrected chi connectivity index (χ4v) is 5.20. The van der Waals surface area contributed by atoms with E-state index in [1.165, 1.54) is 17.4 Å². The molecular formula is C23H19ClFN3O4S. The fraction of sp³-hybridized carbons (Fsp3) is 0.304. The molecule has 2 atom stereocenters. The van der Waals surface area contributed by atoms with Crippen molar-refractivity contribution in [1.29, 1.82) is 0 Å². The number of carbonyl (C=O) groups is 1. The van der Waals surface area contributed by atoms with Crippen molar-refractivity contribution in [1.82, 2.24) is 15.0 Å². The van der Waals surface area contributed by atoms with Crippen molar-refractivity contribution in [2.45, 2.75) is 38.4 Å². The van der Waals surface area contributed by atoms with E-state index in [1.807, 2.05) is 19.1 Å². The maximum atomic E-state index is 14.8. The first kappa shape index (κ1) is 21.8. The van der Waals surface area contributed by atoms with Gasteiger partial charge in [-0.15, -0.1) is 11.3 Å². The van der Waals surface area contributed by atoms with Crippen molar-refractivity contribution in [2.75, 3.05) is 7.11 Å². The molecule has 4 aromatic rings. The van der Waals surface area contributed by atoms with Gasteiger partial charge in [-0.2, -0.15) is 0 Å². The number of fused-ring (bicyclic) bond motifs is 2. The highest BCUT2D eigenvalue weighted by Crippen LogP contribution is 2.38. The highest BCUT2D eigenvalue weighted by molar-refractivity contribution is 7.21. The van der Waals surface area contributed by atoms with Crippen molar-refractivity contribution < 1.29 is 23.4 Å². The van der Waals surface area contributed by atoms with Gasteiger partial charge in [-0.25, -0.2) is 24.1 Å². The highest BCUT2D eigenvalue weighted by atomic mass is 35.5. The van der Waals surface area contributed by atoms with Crippen LogP contribution in [0.1, 0.15) is 24.8 Å². The van der Waals surface area contributed by atoms with Gasteiger partial charge in [0.2, 0.25) is 5.88 Å². The number of thiazole rings is 1. The number of carbonyl (C=O) groups excluding carboxylic acids is 1. The molecule has 0 amide bonds. The summed E-state index contributed by atoms with van der Waals surface area (Å²) in [6.07, 6.45) is 2.71. The molecule has 0 N–H and O–H groups in total. The first-order valence-electron chi connectivity index (χ1n) is 10.4. The Bertz CT molecular complexity index is 1380. The summed E-state index contributed by atoms with van der Waals surface area (Å²) in [6, 6.07) is 6.91. The van der Waals surface area contributed by atoms with Gasteiger partial charge >= 0.3 is 5.43 Å². The quantitative estimate of drug-likeness (QED) is 0.317. The molecule has 0 spiro atoms. The second-order valence-corrected chi connectivity index (χ2v) is 9.18. The van der Waals surface area contributed by atoms with E-state index < -0.39 is 23.5 Å². The lowest BCUT2D eigenvalue weighted by Crippen LogP contribution is -2.29. The average molecular weight is 488 g/mol. The number of nitrogens with zero attached hydrogens (tertiary/aromatic N) is 3. The fourth-order valence-electron chi connectivity index (χ4n) is 4.09. The van der Waals surface area contributed by atoms with Gasteiger partial charge in [0, 0.05) is 29.3 Å². The molecule has 1 aliphatic carbocycles. The molecule has 2 aromatic carbocycles. The van der Waals surface area contributed by atoms with Gasteiger partial charge in [0.25, 0.3) is 0 Å². The third-order valence-electron chi connectivity index (χ3n) is 5.56. The van der Waals surface area contributed by atoms with Crippen LogP contribution >= 0.6 is 22.9 Å². The smallest absolute Gasteiger partial charge is 0.404 e. The van der Waals surface area contributed by atoms with E-state index in [0.29, 0.717) is 40.3 Å². The van der Waals surface area contributed by atoms with Gasteiger partial charge in [-0.05, 0) is 43.9 Å². The van der Waals surface area contributed by atoms with Gasteiger partial charge in [0.15, 0.2) is 11.6 Å². The minimum atomic E-state index is -0.885. The number of hydrogen-bond acceptors (Lipinski definition) is 8. The number of benzene rings is 2. The van der Waals surface area contributed by atoms with Gasteiger partial charge in [-0.3, -0.25) is 0 Å². The molecule has 33 heavy (non-hydrogen) atoms. The molecule has 1 aliphatic rings. The van der Waals surface area contributed by atoms with E-state index in [1.54, 1.807) is 19.4 Å². The van der Waals surface area contributed by atoms with Crippen LogP contribution in [0.3, 0.4) is 0 Å². The van der Waals surface area contributed by atoms with Crippen LogP contribution in [-0.4, -0.2) is 39.7 Å². The van der Waals surface area contributed by atoms with Crippen LogP contribution in [0.25, 0.3) is 31.8 Å². The van der Waals surface area contributed by atoms with Crippen LogP contribution in [0.15, 0.2) is 30.5 Å². The lowest BCUT2D eigenvalue weighted by molar-refractivity contribution is 0.0456. The topological polar surface area (TPSA) is 83.4 Å². The third kappa shape index (κ3) is 4.30. The Hall–Kier alpha value is -3.04. The summed E-state index contributed by atoms with van der Waals surface area (Å²) in [4.78, 5) is 24.7. The van der Waals surface area contributed by atoms with Crippen LogP contribution in [0.4, 0.5) is 9.18 Å². The normalized spacial score (nSPS) is 18.1.